The van der Waals surface area contributed by atoms with Crippen LogP contribution in [-0.2, 0) is 0 Å². The average molecular weight is 329 g/mol. The van der Waals surface area contributed by atoms with Crippen LogP contribution in [0.3, 0.4) is 0 Å². The highest BCUT2D eigenvalue weighted by Crippen LogP contribution is 2.34. The van der Waals surface area contributed by atoms with Gasteiger partial charge in [-0.3, -0.25) is 20.0 Å². The molecule has 8 heteroatoms. The largest absolute Gasteiger partial charge is 0.379 e. The minimum absolute atomic E-state index is 0.0583. The Hall–Kier alpha value is -2.90. The summed E-state index contributed by atoms with van der Waals surface area (Å²) in [4.78, 5) is 25.3. The molecule has 0 saturated heterocycles. The number of fused-ring (bicyclic) bond motifs is 1. The lowest BCUT2D eigenvalue weighted by Gasteiger charge is -2.37. The van der Waals surface area contributed by atoms with Crippen molar-refractivity contribution in [1.82, 2.24) is 10.2 Å². The summed E-state index contributed by atoms with van der Waals surface area (Å²) >= 11 is 0. The Kier molecular flexibility index (Phi) is 3.96. The van der Waals surface area contributed by atoms with E-state index in [0.29, 0.717) is 18.2 Å². The first-order valence-corrected chi connectivity index (χ1v) is 7.77. The third-order valence-corrected chi connectivity index (χ3v) is 4.26. The van der Waals surface area contributed by atoms with Gasteiger partial charge in [-0.1, -0.05) is 26.0 Å². The van der Waals surface area contributed by atoms with E-state index in [2.05, 4.69) is 29.4 Å². The average Bonchev–Trinajstić information content (AvgIpc) is 2.94. The van der Waals surface area contributed by atoms with Gasteiger partial charge in [-0.05, 0) is 25.0 Å². The van der Waals surface area contributed by atoms with Crippen LogP contribution in [0.25, 0.3) is 0 Å². The Bertz CT molecular complexity index is 799. The molecule has 0 saturated carbocycles. The van der Waals surface area contributed by atoms with Crippen molar-refractivity contribution in [3.8, 4) is 0 Å². The number of aromatic amines is 1. The number of nitrogens with zero attached hydrogens (tertiary/aromatic N) is 3. The molecular weight excluding hydrogens is 310 g/mol. The molecule has 0 bridgehead atoms. The number of carbonyl (C=O) groups excluding carboxylic acids is 1. The van der Waals surface area contributed by atoms with Crippen molar-refractivity contribution in [2.24, 2.45) is 5.92 Å². The molecule has 3 rings (SSSR count). The molecule has 1 aromatic heterocycles. The lowest BCUT2D eigenvalue weighted by atomic mass is 9.99. The van der Waals surface area contributed by atoms with Crippen LogP contribution in [0, 0.1) is 23.0 Å². The number of aromatic nitrogens is 2. The molecule has 24 heavy (non-hydrogen) atoms. The van der Waals surface area contributed by atoms with Crippen molar-refractivity contribution in [2.75, 3.05) is 16.8 Å². The fourth-order valence-corrected chi connectivity index (χ4v) is 2.86. The third kappa shape index (κ3) is 2.60. The molecule has 0 radical (unpaired) electrons. The lowest BCUT2D eigenvalue weighted by molar-refractivity contribution is -0.385. The zero-order valence-electron chi connectivity index (χ0n) is 13.7. The van der Waals surface area contributed by atoms with Gasteiger partial charge in [0, 0.05) is 12.6 Å². The summed E-state index contributed by atoms with van der Waals surface area (Å²) in [6.07, 6.45) is 0. The number of anilines is 2. The molecule has 1 aliphatic rings. The van der Waals surface area contributed by atoms with Gasteiger partial charge in [0.05, 0.1) is 16.3 Å². The molecule has 126 valence electrons. The number of nitrogens with one attached hydrogen (secondary N) is 2. The van der Waals surface area contributed by atoms with E-state index in [9.17, 15) is 14.9 Å². The number of nitro groups is 1. The summed E-state index contributed by atoms with van der Waals surface area (Å²) in [6.45, 7) is 6.09. The van der Waals surface area contributed by atoms with E-state index in [0.717, 1.165) is 5.69 Å². The summed E-state index contributed by atoms with van der Waals surface area (Å²) in [5.74, 6) is -0.171. The van der Waals surface area contributed by atoms with Crippen LogP contribution in [-0.4, -0.2) is 33.6 Å². The van der Waals surface area contributed by atoms with E-state index in [-0.39, 0.29) is 23.1 Å². The van der Waals surface area contributed by atoms with Crippen molar-refractivity contribution < 1.29 is 9.72 Å². The summed E-state index contributed by atoms with van der Waals surface area (Å²) in [5, 5.41) is 21.1. The smallest absolute Gasteiger partial charge is 0.322 e. The standard InChI is InChI=1S/C16H19N5O3/c1-9(2)12-8-20(13-7-5-4-6-11(13)17-12)16(22)14-15(21(23)24)10(3)18-19-14/h4-7,9,12,17H,8H2,1-3H3,(H,18,19)/t12-/m1/s1. The number of rotatable bonds is 3. The van der Waals surface area contributed by atoms with E-state index in [1.54, 1.807) is 4.90 Å². The van der Waals surface area contributed by atoms with Crippen LogP contribution in [0.1, 0.15) is 30.0 Å². The van der Waals surface area contributed by atoms with Crippen LogP contribution in [0.2, 0.25) is 0 Å². The minimum atomic E-state index is -0.569. The van der Waals surface area contributed by atoms with E-state index in [1.165, 1.54) is 6.92 Å². The molecule has 2 aromatic rings. The van der Waals surface area contributed by atoms with Gasteiger partial charge in [-0.2, -0.15) is 5.10 Å². The normalized spacial score (nSPS) is 16.7. The maximum atomic E-state index is 13.0. The highest BCUT2D eigenvalue weighted by Gasteiger charge is 2.35. The topological polar surface area (TPSA) is 104 Å². The van der Waals surface area contributed by atoms with Crippen molar-refractivity contribution in [1.29, 1.82) is 0 Å². The lowest BCUT2D eigenvalue weighted by Crippen LogP contribution is -2.47. The van der Waals surface area contributed by atoms with Gasteiger partial charge in [0.2, 0.25) is 5.69 Å². The molecule has 1 amide bonds. The quantitative estimate of drug-likeness (QED) is 0.665. The van der Waals surface area contributed by atoms with Crippen molar-refractivity contribution in [3.63, 3.8) is 0 Å². The highest BCUT2D eigenvalue weighted by molar-refractivity contribution is 6.09. The summed E-state index contributed by atoms with van der Waals surface area (Å²) < 4.78 is 0. The van der Waals surface area contributed by atoms with Crippen LogP contribution in [0.15, 0.2) is 24.3 Å². The van der Waals surface area contributed by atoms with Crippen LogP contribution in [0.4, 0.5) is 17.1 Å². The fraction of sp³-hybridized carbons (Fsp3) is 0.375. The first-order valence-electron chi connectivity index (χ1n) is 7.77. The molecule has 0 unspecified atom stereocenters. The number of aryl methyl sites for hydroxylation is 1. The maximum Gasteiger partial charge on any atom is 0.322 e. The zero-order valence-corrected chi connectivity index (χ0v) is 13.7. The molecular formula is C16H19N5O3. The van der Waals surface area contributed by atoms with Gasteiger partial charge in [0.15, 0.2) is 0 Å². The Morgan fingerprint density at radius 1 is 1.42 bits per heavy atom. The van der Waals surface area contributed by atoms with E-state index >= 15 is 0 Å². The monoisotopic (exact) mass is 329 g/mol. The first kappa shape index (κ1) is 16.0. The van der Waals surface area contributed by atoms with Gasteiger partial charge in [0.25, 0.3) is 5.91 Å². The fourth-order valence-electron chi connectivity index (χ4n) is 2.86. The number of hydrogen-bond acceptors (Lipinski definition) is 5. The molecule has 2 N–H and O–H groups in total. The van der Waals surface area contributed by atoms with Crippen LogP contribution in [0.5, 0.6) is 0 Å². The Labute approximate surface area is 139 Å². The van der Waals surface area contributed by atoms with Crippen molar-refractivity contribution in [2.45, 2.75) is 26.8 Å². The van der Waals surface area contributed by atoms with Gasteiger partial charge < -0.3 is 10.2 Å². The van der Waals surface area contributed by atoms with E-state index < -0.39 is 10.8 Å². The Balaban J connectivity index is 2.05. The molecule has 1 aromatic carbocycles. The number of H-pyrrole nitrogens is 1. The SMILES string of the molecule is Cc1[nH]nc(C(=O)N2C[C@H](C(C)C)Nc3ccccc32)c1[N+](=O)[O-]. The van der Waals surface area contributed by atoms with Gasteiger partial charge in [-0.15, -0.1) is 0 Å². The summed E-state index contributed by atoms with van der Waals surface area (Å²) in [7, 11) is 0. The minimum Gasteiger partial charge on any atom is -0.379 e. The second-order valence-electron chi connectivity index (χ2n) is 6.23. The van der Waals surface area contributed by atoms with E-state index in [4.69, 9.17) is 0 Å². The van der Waals surface area contributed by atoms with Crippen LogP contribution >= 0.6 is 0 Å². The van der Waals surface area contributed by atoms with Gasteiger partial charge in [-0.25, -0.2) is 0 Å². The highest BCUT2D eigenvalue weighted by atomic mass is 16.6. The first-order chi connectivity index (χ1) is 11.4. The predicted octanol–water partition coefficient (Wildman–Crippen LogP) is 2.72. The van der Waals surface area contributed by atoms with E-state index in [1.807, 2.05) is 24.3 Å². The van der Waals surface area contributed by atoms with Crippen molar-refractivity contribution >= 4 is 23.0 Å². The number of carbonyl (C=O) groups is 1. The molecule has 0 spiro atoms. The third-order valence-electron chi connectivity index (χ3n) is 4.26. The second kappa shape index (κ2) is 5.95. The maximum absolute atomic E-state index is 13.0. The Morgan fingerprint density at radius 3 is 2.79 bits per heavy atom. The number of para-hydroxylation sites is 2. The molecule has 8 nitrogen and oxygen atoms in total. The second-order valence-corrected chi connectivity index (χ2v) is 6.23. The molecule has 1 atom stereocenters. The molecule has 0 fully saturated rings. The van der Waals surface area contributed by atoms with Gasteiger partial charge in [0.1, 0.15) is 5.69 Å². The Morgan fingerprint density at radius 2 is 2.12 bits per heavy atom. The zero-order chi connectivity index (χ0) is 17.4. The summed E-state index contributed by atoms with van der Waals surface area (Å²) in [5.41, 5.74) is 1.39. The number of benzene rings is 1. The molecule has 0 aliphatic carbocycles. The number of hydrogen-bond donors (Lipinski definition) is 2. The summed E-state index contributed by atoms with van der Waals surface area (Å²) in [6, 6.07) is 7.50. The molecule has 2 heterocycles. The van der Waals surface area contributed by atoms with Crippen molar-refractivity contribution in [3.05, 3.63) is 45.8 Å². The predicted molar refractivity (Wildman–Crippen MR) is 90.3 cm³/mol. The number of amides is 1. The van der Waals surface area contributed by atoms with Gasteiger partial charge >= 0.3 is 5.69 Å². The molecule has 1 aliphatic heterocycles. The van der Waals surface area contributed by atoms with Crippen LogP contribution < -0.4 is 10.2 Å².